The average molecular weight is 271 g/mol. The third-order valence-electron chi connectivity index (χ3n) is 3.23. The molecule has 104 valence electrons. The number of β-amino-alcohol motifs (C(OH)–C–C–N with tert-alkyl or cyclic N) is 1. The van der Waals surface area contributed by atoms with Gasteiger partial charge in [-0.1, -0.05) is 6.92 Å². The molecule has 1 aliphatic heterocycles. The highest BCUT2D eigenvalue weighted by Gasteiger charge is 2.41. The lowest BCUT2D eigenvalue weighted by Crippen LogP contribution is -2.63. The van der Waals surface area contributed by atoms with E-state index in [4.69, 9.17) is 4.74 Å². The Morgan fingerprint density at radius 1 is 1.47 bits per heavy atom. The number of benzene rings is 1. The van der Waals surface area contributed by atoms with E-state index >= 15 is 0 Å². The van der Waals surface area contributed by atoms with Crippen LogP contribution in [0.15, 0.2) is 18.2 Å². The lowest BCUT2D eigenvalue weighted by atomic mass is 9.91. The number of ether oxygens (including phenoxy) is 1. The summed E-state index contributed by atoms with van der Waals surface area (Å²) in [6.45, 7) is 2.03. The second-order valence-corrected chi connectivity index (χ2v) is 4.69. The van der Waals surface area contributed by atoms with Gasteiger partial charge in [0.1, 0.15) is 5.82 Å². The number of hydrogen-bond acceptors (Lipinski definition) is 3. The molecule has 6 heteroatoms. The van der Waals surface area contributed by atoms with Gasteiger partial charge in [-0.15, -0.1) is 0 Å². The van der Waals surface area contributed by atoms with Crippen LogP contribution in [0.3, 0.4) is 0 Å². The van der Waals surface area contributed by atoms with Gasteiger partial charge in [-0.25, -0.2) is 8.78 Å². The van der Waals surface area contributed by atoms with Crippen molar-refractivity contribution in [3.8, 4) is 5.75 Å². The zero-order chi connectivity index (χ0) is 14.0. The zero-order valence-corrected chi connectivity index (χ0v) is 10.5. The summed E-state index contributed by atoms with van der Waals surface area (Å²) in [7, 11) is 0. The van der Waals surface area contributed by atoms with Gasteiger partial charge in [0.25, 0.3) is 5.91 Å². The summed E-state index contributed by atoms with van der Waals surface area (Å²) in [5.74, 6) is -2.05. The first kappa shape index (κ1) is 13.7. The highest BCUT2D eigenvalue weighted by Crippen LogP contribution is 2.24. The molecule has 0 atom stereocenters. The van der Waals surface area contributed by atoms with E-state index in [1.54, 1.807) is 0 Å². The van der Waals surface area contributed by atoms with Gasteiger partial charge in [0.2, 0.25) is 0 Å². The summed E-state index contributed by atoms with van der Waals surface area (Å²) < 4.78 is 30.9. The van der Waals surface area contributed by atoms with Crippen molar-refractivity contribution in [2.24, 2.45) is 0 Å². The third-order valence-corrected chi connectivity index (χ3v) is 3.23. The Labute approximate surface area is 109 Å². The Morgan fingerprint density at radius 3 is 2.74 bits per heavy atom. The summed E-state index contributed by atoms with van der Waals surface area (Å²) in [5.41, 5.74) is -0.809. The number of amides is 1. The van der Waals surface area contributed by atoms with Crippen LogP contribution in [0.5, 0.6) is 5.75 Å². The molecule has 1 fully saturated rings. The standard InChI is InChI=1S/C13H15F2NO3/c1-2-13(18)7-16(8-13)12(17)6-19-11-4-3-9(14)5-10(11)15/h3-5,18H,2,6-8H2,1H3. The molecule has 2 rings (SSSR count). The smallest absolute Gasteiger partial charge is 0.260 e. The van der Waals surface area contributed by atoms with Crippen molar-refractivity contribution in [3.63, 3.8) is 0 Å². The fourth-order valence-electron chi connectivity index (χ4n) is 1.89. The summed E-state index contributed by atoms with van der Waals surface area (Å²) in [5, 5.41) is 9.76. The minimum atomic E-state index is -0.846. The number of likely N-dealkylation sites (tertiary alicyclic amines) is 1. The highest BCUT2D eigenvalue weighted by atomic mass is 19.1. The maximum Gasteiger partial charge on any atom is 0.260 e. The maximum atomic E-state index is 13.2. The zero-order valence-electron chi connectivity index (χ0n) is 10.5. The van der Waals surface area contributed by atoms with Gasteiger partial charge in [-0.3, -0.25) is 4.79 Å². The van der Waals surface area contributed by atoms with Crippen molar-refractivity contribution < 1.29 is 23.4 Å². The van der Waals surface area contributed by atoms with Gasteiger partial charge < -0.3 is 14.7 Å². The van der Waals surface area contributed by atoms with E-state index < -0.39 is 17.2 Å². The van der Waals surface area contributed by atoms with Crippen LogP contribution in [-0.2, 0) is 4.79 Å². The van der Waals surface area contributed by atoms with E-state index in [0.29, 0.717) is 12.5 Å². The predicted octanol–water partition coefficient (Wildman–Crippen LogP) is 1.33. The molecule has 0 bridgehead atoms. The SMILES string of the molecule is CCC1(O)CN(C(=O)COc2ccc(F)cc2F)C1. The normalized spacial score (nSPS) is 16.9. The number of halogens is 2. The summed E-state index contributed by atoms with van der Waals surface area (Å²) in [4.78, 5) is 13.1. The molecule has 0 unspecified atom stereocenters. The largest absolute Gasteiger partial charge is 0.481 e. The molecule has 0 aliphatic carbocycles. The minimum absolute atomic E-state index is 0.166. The van der Waals surface area contributed by atoms with E-state index in [9.17, 15) is 18.7 Å². The minimum Gasteiger partial charge on any atom is -0.481 e. The fraction of sp³-hybridized carbons (Fsp3) is 0.462. The molecule has 1 aliphatic rings. The van der Waals surface area contributed by atoms with Crippen molar-refractivity contribution in [3.05, 3.63) is 29.8 Å². The Balaban J connectivity index is 1.85. The average Bonchev–Trinajstić information content (AvgIpc) is 2.33. The second-order valence-electron chi connectivity index (χ2n) is 4.69. The molecule has 0 saturated carbocycles. The van der Waals surface area contributed by atoms with E-state index in [2.05, 4.69) is 0 Å². The summed E-state index contributed by atoms with van der Waals surface area (Å²) in [6, 6.07) is 2.89. The van der Waals surface area contributed by atoms with Gasteiger partial charge in [0.05, 0.1) is 18.7 Å². The third kappa shape index (κ3) is 3.01. The van der Waals surface area contributed by atoms with Crippen LogP contribution in [0.25, 0.3) is 0 Å². The summed E-state index contributed by atoms with van der Waals surface area (Å²) >= 11 is 0. The molecular weight excluding hydrogens is 256 g/mol. The first-order valence-corrected chi connectivity index (χ1v) is 6.01. The van der Waals surface area contributed by atoms with Crippen molar-refractivity contribution in [1.82, 2.24) is 4.90 Å². The number of aliphatic hydroxyl groups is 1. The number of carbonyl (C=O) groups is 1. The monoisotopic (exact) mass is 271 g/mol. The predicted molar refractivity (Wildman–Crippen MR) is 63.7 cm³/mol. The molecule has 1 aromatic rings. The molecular formula is C13H15F2NO3. The topological polar surface area (TPSA) is 49.8 Å². The number of carbonyl (C=O) groups excluding carboxylic acids is 1. The van der Waals surface area contributed by atoms with E-state index in [-0.39, 0.29) is 31.4 Å². The molecule has 1 N–H and O–H groups in total. The molecule has 0 radical (unpaired) electrons. The molecule has 1 aromatic carbocycles. The van der Waals surface area contributed by atoms with E-state index in [1.807, 2.05) is 6.92 Å². The van der Waals surface area contributed by atoms with E-state index in [1.165, 1.54) is 4.90 Å². The molecule has 1 heterocycles. The van der Waals surface area contributed by atoms with Crippen molar-refractivity contribution in [1.29, 1.82) is 0 Å². The Kier molecular flexibility index (Phi) is 3.71. The van der Waals surface area contributed by atoms with Crippen LogP contribution in [0, 0.1) is 11.6 Å². The van der Waals surface area contributed by atoms with Gasteiger partial charge >= 0.3 is 0 Å². The van der Waals surface area contributed by atoms with Gasteiger partial charge in [-0.2, -0.15) is 0 Å². The number of rotatable bonds is 4. The van der Waals surface area contributed by atoms with Gasteiger partial charge in [0.15, 0.2) is 18.2 Å². The highest BCUT2D eigenvalue weighted by molar-refractivity contribution is 5.79. The van der Waals surface area contributed by atoms with Gasteiger partial charge in [-0.05, 0) is 18.6 Å². The Bertz CT molecular complexity index is 487. The van der Waals surface area contributed by atoms with Crippen molar-refractivity contribution in [2.45, 2.75) is 18.9 Å². The van der Waals surface area contributed by atoms with Crippen molar-refractivity contribution in [2.75, 3.05) is 19.7 Å². The molecule has 19 heavy (non-hydrogen) atoms. The number of hydrogen-bond donors (Lipinski definition) is 1. The molecule has 4 nitrogen and oxygen atoms in total. The lowest BCUT2D eigenvalue weighted by Gasteiger charge is -2.45. The number of nitrogens with zero attached hydrogens (tertiary/aromatic N) is 1. The Morgan fingerprint density at radius 2 is 2.16 bits per heavy atom. The molecule has 1 saturated heterocycles. The van der Waals surface area contributed by atoms with Crippen LogP contribution in [0.4, 0.5) is 8.78 Å². The maximum absolute atomic E-state index is 13.2. The van der Waals surface area contributed by atoms with Gasteiger partial charge in [0, 0.05) is 6.07 Å². The van der Waals surface area contributed by atoms with Crippen molar-refractivity contribution >= 4 is 5.91 Å². The lowest BCUT2D eigenvalue weighted by molar-refractivity contribution is -0.157. The van der Waals surface area contributed by atoms with Crippen LogP contribution in [0.2, 0.25) is 0 Å². The molecule has 0 aromatic heterocycles. The van der Waals surface area contributed by atoms with Crippen LogP contribution in [0.1, 0.15) is 13.3 Å². The van der Waals surface area contributed by atoms with Crippen LogP contribution >= 0.6 is 0 Å². The molecule has 1 amide bonds. The van der Waals surface area contributed by atoms with Crippen LogP contribution in [-0.4, -0.2) is 41.2 Å². The quantitative estimate of drug-likeness (QED) is 0.898. The molecule has 0 spiro atoms. The van der Waals surface area contributed by atoms with Crippen LogP contribution < -0.4 is 4.74 Å². The first-order valence-electron chi connectivity index (χ1n) is 6.01. The second kappa shape index (κ2) is 5.13. The summed E-state index contributed by atoms with van der Waals surface area (Å²) in [6.07, 6.45) is 0.574. The van der Waals surface area contributed by atoms with E-state index in [0.717, 1.165) is 12.1 Å². The Hall–Kier alpha value is -1.69. The fourth-order valence-corrected chi connectivity index (χ4v) is 1.89. The first-order chi connectivity index (χ1) is 8.93.